The number of unbranched alkanes of at least 4 members (excludes halogenated alkanes) is 31. The van der Waals surface area contributed by atoms with Crippen molar-refractivity contribution in [1.82, 2.24) is 0 Å². The van der Waals surface area contributed by atoms with Crippen LogP contribution in [0.1, 0.15) is 290 Å². The molecule has 0 bridgehead atoms. The average Bonchev–Trinajstić information content (AvgIpc) is 3.33. The Morgan fingerprint density at radius 2 is 0.537 bits per heavy atom. The topological polar surface area (TPSA) is 78.9 Å². The van der Waals surface area contributed by atoms with Gasteiger partial charge < -0.3 is 14.2 Å². The van der Waals surface area contributed by atoms with Crippen molar-refractivity contribution in [1.29, 1.82) is 0 Å². The Hall–Kier alpha value is -2.89. The Labute approximate surface area is 415 Å². The minimum atomic E-state index is -0.787. The van der Waals surface area contributed by atoms with Crippen molar-refractivity contribution in [2.45, 2.75) is 297 Å². The largest absolute Gasteiger partial charge is 0.462 e. The van der Waals surface area contributed by atoms with Gasteiger partial charge >= 0.3 is 17.9 Å². The maximum atomic E-state index is 12.8. The molecule has 6 heteroatoms. The van der Waals surface area contributed by atoms with Gasteiger partial charge in [-0.15, -0.1) is 0 Å². The first-order valence-corrected chi connectivity index (χ1v) is 28.8. The Morgan fingerprint density at radius 3 is 0.910 bits per heavy atom. The first-order valence-electron chi connectivity index (χ1n) is 28.8. The number of hydrogen-bond acceptors (Lipinski definition) is 6. The van der Waals surface area contributed by atoms with Crippen molar-refractivity contribution < 1.29 is 28.6 Å². The van der Waals surface area contributed by atoms with Crippen molar-refractivity contribution in [2.75, 3.05) is 13.2 Å². The minimum absolute atomic E-state index is 0.0844. The lowest BCUT2D eigenvalue weighted by Crippen LogP contribution is -2.30. The lowest BCUT2D eigenvalue weighted by molar-refractivity contribution is -0.167. The summed E-state index contributed by atoms with van der Waals surface area (Å²) in [6, 6.07) is 0. The Bertz CT molecular complexity index is 1210. The van der Waals surface area contributed by atoms with Crippen LogP contribution in [0.4, 0.5) is 0 Å². The molecular formula is C61H108O6. The van der Waals surface area contributed by atoms with Gasteiger partial charge in [-0.05, 0) is 89.9 Å². The number of carbonyl (C=O) groups excluding carboxylic acids is 3. The lowest BCUT2D eigenvalue weighted by atomic mass is 10.0. The molecule has 1 atom stereocenters. The molecule has 0 aliphatic carbocycles. The van der Waals surface area contributed by atoms with Gasteiger partial charge in [0, 0.05) is 19.3 Å². The van der Waals surface area contributed by atoms with E-state index in [4.69, 9.17) is 14.2 Å². The Balaban J connectivity index is 4.42. The molecule has 0 unspecified atom stereocenters. The second-order valence-corrected chi connectivity index (χ2v) is 19.2. The van der Waals surface area contributed by atoms with Crippen LogP contribution < -0.4 is 0 Å². The number of ether oxygens (including phenoxy) is 3. The predicted molar refractivity (Wildman–Crippen MR) is 288 cm³/mol. The highest BCUT2D eigenvalue weighted by Gasteiger charge is 2.19. The van der Waals surface area contributed by atoms with Crippen LogP contribution in [-0.2, 0) is 28.6 Å². The molecule has 0 aromatic rings. The molecule has 0 spiro atoms. The molecule has 0 saturated carbocycles. The summed E-state index contributed by atoms with van der Waals surface area (Å²) < 4.78 is 16.8. The second-order valence-electron chi connectivity index (χ2n) is 19.2. The number of allylic oxidation sites excluding steroid dienone is 10. The third-order valence-corrected chi connectivity index (χ3v) is 12.5. The predicted octanol–water partition coefficient (Wildman–Crippen LogP) is 19.2. The van der Waals surface area contributed by atoms with Crippen molar-refractivity contribution in [3.63, 3.8) is 0 Å². The van der Waals surface area contributed by atoms with Gasteiger partial charge in [-0.3, -0.25) is 14.4 Å². The van der Waals surface area contributed by atoms with Crippen LogP contribution in [0.3, 0.4) is 0 Å². The Morgan fingerprint density at radius 1 is 0.299 bits per heavy atom. The summed E-state index contributed by atoms with van der Waals surface area (Å²) in [6.07, 6.45) is 69.2. The van der Waals surface area contributed by atoms with E-state index in [1.165, 1.54) is 167 Å². The van der Waals surface area contributed by atoms with E-state index in [1.807, 2.05) is 0 Å². The monoisotopic (exact) mass is 937 g/mol. The molecule has 0 saturated heterocycles. The molecule has 0 fully saturated rings. The van der Waals surface area contributed by atoms with E-state index in [1.54, 1.807) is 0 Å². The van der Waals surface area contributed by atoms with Gasteiger partial charge in [0.15, 0.2) is 6.10 Å². The molecule has 0 amide bonds. The molecule has 0 aliphatic rings. The summed E-state index contributed by atoms with van der Waals surface area (Å²) in [5.74, 6) is -0.908. The highest BCUT2D eigenvalue weighted by Crippen LogP contribution is 2.16. The van der Waals surface area contributed by atoms with Crippen LogP contribution in [0.25, 0.3) is 0 Å². The molecule has 0 aromatic heterocycles. The number of hydrogen-bond donors (Lipinski definition) is 0. The fourth-order valence-electron chi connectivity index (χ4n) is 8.13. The summed E-state index contributed by atoms with van der Waals surface area (Å²) in [5.41, 5.74) is 0. The van der Waals surface area contributed by atoms with Gasteiger partial charge in [-0.1, -0.05) is 242 Å². The van der Waals surface area contributed by atoms with Crippen molar-refractivity contribution >= 4 is 17.9 Å². The molecular weight excluding hydrogens is 829 g/mol. The van der Waals surface area contributed by atoms with Crippen molar-refractivity contribution in [2.24, 2.45) is 0 Å². The molecule has 67 heavy (non-hydrogen) atoms. The van der Waals surface area contributed by atoms with Crippen LogP contribution in [-0.4, -0.2) is 37.2 Å². The molecule has 388 valence electrons. The zero-order valence-electron chi connectivity index (χ0n) is 44.4. The first kappa shape index (κ1) is 64.1. The zero-order chi connectivity index (χ0) is 48.6. The summed E-state index contributed by atoms with van der Waals surface area (Å²) >= 11 is 0. The zero-order valence-corrected chi connectivity index (χ0v) is 44.4. The van der Waals surface area contributed by atoms with E-state index in [0.29, 0.717) is 19.3 Å². The molecule has 6 nitrogen and oxygen atoms in total. The molecule has 0 rings (SSSR count). The summed E-state index contributed by atoms with van der Waals surface area (Å²) in [7, 11) is 0. The van der Waals surface area contributed by atoms with E-state index in [9.17, 15) is 14.4 Å². The van der Waals surface area contributed by atoms with Crippen LogP contribution in [0.15, 0.2) is 60.8 Å². The average molecular weight is 938 g/mol. The van der Waals surface area contributed by atoms with Crippen LogP contribution in [0.5, 0.6) is 0 Å². The number of esters is 3. The summed E-state index contributed by atoms with van der Waals surface area (Å²) in [6.45, 7) is 6.60. The SMILES string of the molecule is CCCCC/C=C\C/C=C\C/C=C\C/C=C\CCCCCC(=O)OC[C@H](COC(=O)CCCCCCCCC/C=C\CCCCCC)OC(=O)CCCCCCCCCCCCCCCCC. The van der Waals surface area contributed by atoms with E-state index in [0.717, 1.165) is 83.5 Å². The van der Waals surface area contributed by atoms with Crippen LogP contribution in [0, 0.1) is 0 Å². The van der Waals surface area contributed by atoms with Crippen LogP contribution in [0.2, 0.25) is 0 Å². The third-order valence-electron chi connectivity index (χ3n) is 12.5. The van der Waals surface area contributed by atoms with Gasteiger partial charge in [-0.2, -0.15) is 0 Å². The Kier molecular flexibility index (Phi) is 53.3. The normalized spacial score (nSPS) is 12.5. The fourth-order valence-corrected chi connectivity index (χ4v) is 8.13. The first-order chi connectivity index (χ1) is 33.0. The maximum Gasteiger partial charge on any atom is 0.306 e. The van der Waals surface area contributed by atoms with Gasteiger partial charge in [0.05, 0.1) is 0 Å². The highest BCUT2D eigenvalue weighted by molar-refractivity contribution is 5.71. The van der Waals surface area contributed by atoms with E-state index in [-0.39, 0.29) is 31.1 Å². The minimum Gasteiger partial charge on any atom is -0.462 e. The lowest BCUT2D eigenvalue weighted by Gasteiger charge is -2.18. The van der Waals surface area contributed by atoms with E-state index >= 15 is 0 Å². The fraction of sp³-hybridized carbons (Fsp3) is 0.787. The summed E-state index contributed by atoms with van der Waals surface area (Å²) in [5, 5.41) is 0. The van der Waals surface area contributed by atoms with Gasteiger partial charge in [0.1, 0.15) is 13.2 Å². The van der Waals surface area contributed by atoms with E-state index in [2.05, 4.69) is 81.5 Å². The highest BCUT2D eigenvalue weighted by atomic mass is 16.6. The van der Waals surface area contributed by atoms with Crippen LogP contribution >= 0.6 is 0 Å². The van der Waals surface area contributed by atoms with Gasteiger partial charge in [-0.25, -0.2) is 0 Å². The molecule has 0 heterocycles. The van der Waals surface area contributed by atoms with Gasteiger partial charge in [0.25, 0.3) is 0 Å². The quantitative estimate of drug-likeness (QED) is 0.0262. The second kappa shape index (κ2) is 55.7. The molecule has 0 aliphatic heterocycles. The number of rotatable bonds is 52. The molecule has 0 radical (unpaired) electrons. The molecule has 0 N–H and O–H groups in total. The third kappa shape index (κ3) is 53.9. The standard InChI is InChI=1S/C61H108O6/c1-4-7-10-13-16-19-22-25-28-29-30-31-34-36-39-42-45-48-51-54-60(63)66-57-58(67-61(64)55-52-49-46-43-40-37-33-27-24-21-18-15-12-9-6-3)56-65-59(62)53-50-47-44-41-38-35-32-26-23-20-17-14-11-8-5-2/h16,19-20,23,25,28,30-31,36,39,58H,4-15,17-18,21-22,24,26-27,29,32-35,37-38,40-57H2,1-3H3/b19-16-,23-20-,28-25-,31-30-,39-36-/t58-/m0/s1. The van der Waals surface area contributed by atoms with Crippen molar-refractivity contribution in [3.8, 4) is 0 Å². The van der Waals surface area contributed by atoms with Crippen molar-refractivity contribution in [3.05, 3.63) is 60.8 Å². The smallest absolute Gasteiger partial charge is 0.306 e. The molecule has 0 aromatic carbocycles. The van der Waals surface area contributed by atoms with Gasteiger partial charge in [0.2, 0.25) is 0 Å². The van der Waals surface area contributed by atoms with E-state index < -0.39 is 6.10 Å². The maximum absolute atomic E-state index is 12.8. The summed E-state index contributed by atoms with van der Waals surface area (Å²) in [4.78, 5) is 38.1. The number of carbonyl (C=O) groups is 3.